The predicted molar refractivity (Wildman–Crippen MR) is 172 cm³/mol. The van der Waals surface area contributed by atoms with Crippen LogP contribution in [0.1, 0.15) is 83.6 Å². The van der Waals surface area contributed by atoms with Gasteiger partial charge in [-0.3, -0.25) is 19.3 Å². The van der Waals surface area contributed by atoms with E-state index in [1.54, 1.807) is 0 Å². The van der Waals surface area contributed by atoms with Gasteiger partial charge in [0.2, 0.25) is 11.8 Å². The van der Waals surface area contributed by atoms with Gasteiger partial charge in [0.15, 0.2) is 11.5 Å². The van der Waals surface area contributed by atoms with Crippen molar-refractivity contribution in [3.8, 4) is 11.5 Å². The van der Waals surface area contributed by atoms with E-state index >= 15 is 0 Å². The van der Waals surface area contributed by atoms with E-state index in [4.69, 9.17) is 14.5 Å². The van der Waals surface area contributed by atoms with Crippen LogP contribution in [0.3, 0.4) is 0 Å². The molecule has 0 unspecified atom stereocenters. The summed E-state index contributed by atoms with van der Waals surface area (Å²) in [5, 5.41) is 30.0. The van der Waals surface area contributed by atoms with Crippen LogP contribution in [0.25, 0.3) is 6.08 Å². The minimum Gasteiger partial charge on any atom is -0.504 e. The second kappa shape index (κ2) is 15.1. The molecular weight excluding hydrogens is 664 g/mol. The second-order valence-corrected chi connectivity index (χ2v) is 13.0. The van der Waals surface area contributed by atoms with Crippen LogP contribution in [-0.4, -0.2) is 64.8 Å². The molecule has 0 saturated carbocycles. The van der Waals surface area contributed by atoms with E-state index in [1.807, 2.05) is 12.1 Å². The predicted octanol–water partition coefficient (Wildman–Crippen LogP) is 5.82. The number of carbonyl (C=O) groups excluding carboxylic acids is 2. The number of allylic oxidation sites excluding steroid dienone is 2. The molecule has 1 aromatic rings. The number of imide groups is 1. The molecule has 1 aliphatic carbocycles. The second-order valence-electron chi connectivity index (χ2n) is 11.8. The number of methoxy groups -OCH3 is 1. The van der Waals surface area contributed by atoms with Gasteiger partial charge >= 0.3 is 13.1 Å². The fourth-order valence-electron chi connectivity index (χ4n) is 7.09. The Bertz CT molecular complexity index is 1280. The summed E-state index contributed by atoms with van der Waals surface area (Å²) in [4.78, 5) is 39.3. The molecule has 234 valence electrons. The molecule has 0 spiro atoms. The van der Waals surface area contributed by atoms with E-state index < -0.39 is 24.9 Å². The van der Waals surface area contributed by atoms with Crippen LogP contribution in [0, 0.1) is 21.3 Å². The molecule has 2 fully saturated rings. The first-order valence-corrected chi connectivity index (χ1v) is 16.6. The Kier molecular flexibility index (Phi) is 11.7. The SMILES string of the molecule is CCC/C(=C\c1cc(I)c(O)c(OC)c1)CC[C@H]1OB(O)C[C@H]2C1=C(CC)C[C@H]1C(=O)N(CCCCCC(=O)O)C(=O)[C@H]12. The number of phenols is 1. The van der Waals surface area contributed by atoms with E-state index in [1.165, 1.54) is 17.6 Å². The molecule has 1 aromatic carbocycles. The number of aromatic hydroxyl groups is 1. The number of fused-ring (bicyclic) bond motifs is 3. The maximum atomic E-state index is 13.7. The summed E-state index contributed by atoms with van der Waals surface area (Å²) in [5.74, 6) is -1.74. The van der Waals surface area contributed by atoms with Crippen molar-refractivity contribution in [2.75, 3.05) is 13.7 Å². The lowest BCUT2D eigenvalue weighted by atomic mass is 9.58. The maximum absolute atomic E-state index is 13.7. The summed E-state index contributed by atoms with van der Waals surface area (Å²) < 4.78 is 12.2. The van der Waals surface area contributed by atoms with Crippen LogP contribution in [-0.2, 0) is 19.0 Å². The van der Waals surface area contributed by atoms with Crippen LogP contribution in [0.2, 0.25) is 6.32 Å². The number of halogens is 1. The normalized spacial score (nSPS) is 24.0. The van der Waals surface area contributed by atoms with Gasteiger partial charge in [0.1, 0.15) is 0 Å². The molecule has 43 heavy (non-hydrogen) atoms. The zero-order valence-electron chi connectivity index (χ0n) is 25.3. The number of aliphatic carboxylic acids is 1. The molecule has 9 nitrogen and oxygen atoms in total. The smallest absolute Gasteiger partial charge is 0.455 e. The molecule has 2 saturated heterocycles. The van der Waals surface area contributed by atoms with E-state index in [0.29, 0.717) is 54.3 Å². The summed E-state index contributed by atoms with van der Waals surface area (Å²) in [6, 6.07) is 3.74. The van der Waals surface area contributed by atoms with Crippen LogP contribution in [0.4, 0.5) is 0 Å². The topological polar surface area (TPSA) is 134 Å². The van der Waals surface area contributed by atoms with Crippen molar-refractivity contribution >= 4 is 53.6 Å². The summed E-state index contributed by atoms with van der Waals surface area (Å²) in [6.45, 7) is 4.51. The van der Waals surface area contributed by atoms with Gasteiger partial charge in [-0.15, -0.1) is 0 Å². The number of rotatable bonds is 14. The highest BCUT2D eigenvalue weighted by molar-refractivity contribution is 14.1. The zero-order chi connectivity index (χ0) is 31.3. The van der Waals surface area contributed by atoms with Gasteiger partial charge in [0.05, 0.1) is 28.6 Å². The molecule has 3 N–H and O–H groups in total. The van der Waals surface area contributed by atoms with E-state index in [2.05, 4.69) is 42.5 Å². The Hall–Kier alpha value is -2.38. The monoisotopic (exact) mass is 707 g/mol. The molecule has 2 aliphatic heterocycles. The van der Waals surface area contributed by atoms with Crippen molar-refractivity contribution in [3.05, 3.63) is 38.0 Å². The number of benzene rings is 1. The minimum atomic E-state index is -1.01. The van der Waals surface area contributed by atoms with Crippen molar-refractivity contribution in [1.82, 2.24) is 4.90 Å². The van der Waals surface area contributed by atoms with Crippen LogP contribution in [0.15, 0.2) is 28.9 Å². The summed E-state index contributed by atoms with van der Waals surface area (Å²) in [7, 11) is 0.524. The number of carbonyl (C=O) groups is 3. The third kappa shape index (κ3) is 7.65. The lowest BCUT2D eigenvalue weighted by Crippen LogP contribution is -2.46. The van der Waals surface area contributed by atoms with Crippen LogP contribution in [0.5, 0.6) is 11.5 Å². The van der Waals surface area contributed by atoms with Crippen molar-refractivity contribution in [3.63, 3.8) is 0 Å². The highest BCUT2D eigenvalue weighted by atomic mass is 127. The molecular formula is C32H43BINO8. The Morgan fingerprint density at radius 2 is 1.91 bits per heavy atom. The van der Waals surface area contributed by atoms with Gasteiger partial charge < -0.3 is 24.6 Å². The Morgan fingerprint density at radius 1 is 1.14 bits per heavy atom. The number of ether oxygens (including phenoxy) is 1. The van der Waals surface area contributed by atoms with E-state index in [0.717, 1.165) is 42.4 Å². The van der Waals surface area contributed by atoms with Gasteiger partial charge in [0.25, 0.3) is 0 Å². The van der Waals surface area contributed by atoms with E-state index in [-0.39, 0.29) is 36.0 Å². The van der Waals surface area contributed by atoms with Gasteiger partial charge in [-0.05, 0) is 103 Å². The molecule has 3 aliphatic rings. The Balaban J connectivity index is 1.53. The van der Waals surface area contributed by atoms with Crippen LogP contribution >= 0.6 is 22.6 Å². The molecule has 2 heterocycles. The largest absolute Gasteiger partial charge is 0.504 e. The number of likely N-dealkylation sites (tertiary alicyclic amines) is 1. The first kappa shape index (κ1) is 33.5. The van der Waals surface area contributed by atoms with Gasteiger partial charge in [-0.2, -0.15) is 0 Å². The Labute approximate surface area is 268 Å². The number of phenolic OH excluding ortho intramolecular Hbond substituents is 1. The molecule has 11 heteroatoms. The molecule has 0 bridgehead atoms. The number of carboxylic acids is 1. The van der Waals surface area contributed by atoms with Gasteiger partial charge in [0, 0.05) is 13.0 Å². The lowest BCUT2D eigenvalue weighted by Gasteiger charge is -2.43. The van der Waals surface area contributed by atoms with Gasteiger partial charge in [-0.1, -0.05) is 43.9 Å². The fourth-order valence-corrected chi connectivity index (χ4v) is 7.71. The molecule has 2 amide bonds. The quantitative estimate of drug-likeness (QED) is 0.0725. The first-order valence-electron chi connectivity index (χ1n) is 15.5. The summed E-state index contributed by atoms with van der Waals surface area (Å²) in [6.07, 6.45) is 8.44. The highest BCUT2D eigenvalue weighted by Crippen LogP contribution is 2.51. The third-order valence-electron chi connectivity index (χ3n) is 9.04. The third-order valence-corrected chi connectivity index (χ3v) is 9.86. The number of hydrogen-bond acceptors (Lipinski definition) is 7. The van der Waals surface area contributed by atoms with Gasteiger partial charge in [-0.25, -0.2) is 0 Å². The van der Waals surface area contributed by atoms with Crippen molar-refractivity contribution in [1.29, 1.82) is 0 Å². The summed E-state index contributed by atoms with van der Waals surface area (Å²) in [5.41, 5.74) is 4.42. The highest BCUT2D eigenvalue weighted by Gasteiger charge is 2.56. The Morgan fingerprint density at radius 3 is 2.58 bits per heavy atom. The van der Waals surface area contributed by atoms with Crippen molar-refractivity contribution in [2.24, 2.45) is 17.8 Å². The fraction of sp³-hybridized carbons (Fsp3) is 0.594. The summed E-state index contributed by atoms with van der Waals surface area (Å²) >= 11 is 2.09. The van der Waals surface area contributed by atoms with Crippen LogP contribution < -0.4 is 4.74 Å². The molecule has 0 radical (unpaired) electrons. The number of carboxylic acid groups (broad SMARTS) is 1. The lowest BCUT2D eigenvalue weighted by molar-refractivity contribution is -0.141. The number of nitrogens with zero attached hydrogens (tertiary/aromatic N) is 1. The minimum absolute atomic E-state index is 0.0826. The van der Waals surface area contributed by atoms with E-state index in [9.17, 15) is 24.5 Å². The van der Waals surface area contributed by atoms with Crippen molar-refractivity contribution < 1.29 is 39.0 Å². The first-order chi connectivity index (χ1) is 20.6. The van der Waals surface area contributed by atoms with Crippen molar-refractivity contribution in [2.45, 2.75) is 90.5 Å². The number of amides is 2. The zero-order valence-corrected chi connectivity index (χ0v) is 27.5. The number of unbranched alkanes of at least 4 members (excludes halogenated alkanes) is 2. The standard InChI is InChI=1S/C32H43BINO8/c1-4-9-19(14-20-15-24(34)30(38)26(16-20)42-3)11-12-25-28-21(5-2)17-22-29(23(28)18-33(41)43-25)32(40)35(31(22)39)13-8-6-7-10-27(36)37/h14-16,22-23,25,29,38,41H,4-13,17-18H2,1-3H3,(H,36,37)/b19-14+/t22-,23+,25-,29-/m1/s1. The maximum Gasteiger partial charge on any atom is 0.455 e. The molecule has 4 atom stereocenters. The number of hydrogen-bond donors (Lipinski definition) is 3. The molecule has 4 rings (SSSR count). The average molecular weight is 707 g/mol. The average Bonchev–Trinajstić information content (AvgIpc) is 3.21. The molecule has 0 aromatic heterocycles.